The van der Waals surface area contributed by atoms with Crippen LogP contribution < -0.4 is 0 Å². The van der Waals surface area contributed by atoms with Gasteiger partial charge in [0.1, 0.15) is 12.3 Å². The van der Waals surface area contributed by atoms with Crippen LogP contribution in [0.15, 0.2) is 23.3 Å². The number of carbonyl (C=O) groups excluding carboxylic acids is 1. The normalized spacial score (nSPS) is 22.9. The Labute approximate surface area is 105 Å². The molecule has 1 saturated heterocycles. The molecule has 2 aliphatic rings. The van der Waals surface area contributed by atoms with Gasteiger partial charge in [-0.25, -0.2) is 4.79 Å². The van der Waals surface area contributed by atoms with Gasteiger partial charge in [0.2, 0.25) is 0 Å². The van der Waals surface area contributed by atoms with Crippen LogP contribution in [0.25, 0.3) is 0 Å². The van der Waals surface area contributed by atoms with Crippen molar-refractivity contribution >= 4 is 34.9 Å². The second kappa shape index (κ2) is 4.59. The maximum Gasteiger partial charge on any atom is 0.356 e. The number of hydrogen-bond donors (Lipinski definition) is 0. The van der Waals surface area contributed by atoms with E-state index < -0.39 is 0 Å². The van der Waals surface area contributed by atoms with E-state index in [1.54, 1.807) is 17.8 Å². The number of fused-ring (bicyclic) bond motifs is 1. The van der Waals surface area contributed by atoms with Crippen LogP contribution in [0.4, 0.5) is 0 Å². The molecule has 0 radical (unpaired) electrons. The highest BCUT2D eigenvalue weighted by Gasteiger charge is 2.45. The fraction of sp³-hybridized carbons (Fsp3) is 0.455. The molecule has 0 bridgehead atoms. The highest BCUT2D eigenvalue weighted by atomic mass is 32.2. The van der Waals surface area contributed by atoms with Crippen molar-refractivity contribution in [3.05, 3.63) is 23.3 Å². The molecule has 2 rings (SSSR count). The molecule has 2 heterocycles. The molecule has 0 unspecified atom stereocenters. The van der Waals surface area contributed by atoms with Crippen LogP contribution >= 0.6 is 24.0 Å². The quantitative estimate of drug-likeness (QED) is 0.437. The van der Waals surface area contributed by atoms with E-state index in [0.29, 0.717) is 11.1 Å². The number of hydrogen-bond acceptors (Lipinski definition) is 4. The van der Waals surface area contributed by atoms with Crippen molar-refractivity contribution in [3.63, 3.8) is 0 Å². The Balaban J connectivity index is 2.17. The van der Waals surface area contributed by atoms with Crippen molar-refractivity contribution in [2.45, 2.75) is 25.1 Å². The fourth-order valence-electron chi connectivity index (χ4n) is 1.77. The van der Waals surface area contributed by atoms with E-state index in [-0.39, 0.29) is 12.6 Å². The molecule has 5 heteroatoms. The van der Waals surface area contributed by atoms with Crippen molar-refractivity contribution in [1.82, 2.24) is 4.90 Å². The Hall–Kier alpha value is -0.810. The minimum absolute atomic E-state index is 0.245. The Bertz CT molecular complexity index is 389. The lowest BCUT2D eigenvalue weighted by Gasteiger charge is -2.37. The predicted molar refractivity (Wildman–Crippen MR) is 68.9 cm³/mol. The Morgan fingerprint density at radius 2 is 2.56 bits per heavy atom. The van der Waals surface area contributed by atoms with E-state index in [9.17, 15) is 4.79 Å². The molecular formula is C11H13NO2S2. The summed E-state index contributed by atoms with van der Waals surface area (Å²) in [7, 11) is 0. The van der Waals surface area contributed by atoms with E-state index in [2.05, 4.69) is 6.58 Å². The largest absolute Gasteiger partial charge is 0.457 e. The molecule has 0 aromatic rings. The molecule has 2 aliphatic heterocycles. The van der Waals surface area contributed by atoms with Gasteiger partial charge < -0.3 is 9.64 Å². The molecule has 0 N–H and O–H groups in total. The summed E-state index contributed by atoms with van der Waals surface area (Å²) in [5.74, 6) is -0.284. The van der Waals surface area contributed by atoms with Crippen LogP contribution in [0.3, 0.4) is 0 Å². The number of thiocarbonyl (C=S) groups is 1. The number of nitrogens with zero attached hydrogens (tertiary/aromatic N) is 1. The average molecular weight is 255 g/mol. The van der Waals surface area contributed by atoms with Gasteiger partial charge in [0.05, 0.1) is 10.4 Å². The van der Waals surface area contributed by atoms with Crippen LogP contribution in [0.2, 0.25) is 0 Å². The fourth-order valence-corrected chi connectivity index (χ4v) is 3.69. The molecule has 16 heavy (non-hydrogen) atoms. The zero-order valence-electron chi connectivity index (χ0n) is 9.06. The minimum atomic E-state index is -0.284. The third-order valence-corrected chi connectivity index (χ3v) is 4.32. The first-order valence-electron chi connectivity index (χ1n) is 5.19. The Morgan fingerprint density at radius 3 is 3.12 bits per heavy atom. The molecule has 0 saturated carbocycles. The summed E-state index contributed by atoms with van der Waals surface area (Å²) in [4.78, 5) is 15.7. The monoisotopic (exact) mass is 255 g/mol. The van der Waals surface area contributed by atoms with Crippen molar-refractivity contribution in [2.75, 3.05) is 6.61 Å². The molecule has 0 amide bonds. The van der Waals surface area contributed by atoms with Crippen molar-refractivity contribution in [2.24, 2.45) is 0 Å². The summed E-state index contributed by atoms with van der Waals surface area (Å²) in [6.07, 6.45) is 3.30. The molecule has 86 valence electrons. The van der Waals surface area contributed by atoms with Gasteiger partial charge in [0, 0.05) is 11.3 Å². The molecule has 1 atom stereocenters. The highest BCUT2D eigenvalue weighted by Crippen LogP contribution is 2.47. The Morgan fingerprint density at radius 1 is 1.81 bits per heavy atom. The highest BCUT2D eigenvalue weighted by molar-refractivity contribution is 8.04. The first kappa shape index (κ1) is 11.7. The summed E-state index contributed by atoms with van der Waals surface area (Å²) in [6, 6.07) is 0. The zero-order chi connectivity index (χ0) is 11.7. The van der Waals surface area contributed by atoms with Crippen LogP contribution in [0, 0.1) is 0 Å². The maximum absolute atomic E-state index is 11.9. The van der Waals surface area contributed by atoms with Gasteiger partial charge >= 0.3 is 5.97 Å². The van der Waals surface area contributed by atoms with Gasteiger partial charge in [-0.15, -0.1) is 11.8 Å². The van der Waals surface area contributed by atoms with Gasteiger partial charge in [-0.3, -0.25) is 0 Å². The molecule has 0 aromatic carbocycles. The van der Waals surface area contributed by atoms with Crippen LogP contribution in [0.1, 0.15) is 19.8 Å². The van der Waals surface area contributed by atoms with Crippen molar-refractivity contribution in [3.8, 4) is 0 Å². The second-order valence-corrected chi connectivity index (χ2v) is 5.30. The SMILES string of the molecule is C=CCOC(=O)C1=C(CC)S[C@H]2CC(=S)N12. The van der Waals surface area contributed by atoms with Crippen molar-refractivity contribution in [1.29, 1.82) is 0 Å². The molecular weight excluding hydrogens is 242 g/mol. The topological polar surface area (TPSA) is 29.5 Å². The summed E-state index contributed by atoms with van der Waals surface area (Å²) in [5, 5.41) is 0.328. The van der Waals surface area contributed by atoms with E-state index in [1.165, 1.54) is 0 Å². The number of ether oxygens (including phenoxy) is 1. The van der Waals surface area contributed by atoms with E-state index in [0.717, 1.165) is 22.7 Å². The first-order chi connectivity index (χ1) is 7.69. The van der Waals surface area contributed by atoms with Crippen LogP contribution in [-0.4, -0.2) is 27.8 Å². The lowest BCUT2D eigenvalue weighted by atomic mass is 10.1. The predicted octanol–water partition coefficient (Wildman–Crippen LogP) is 2.44. The standard InChI is InChI=1S/C11H13NO2S2/c1-3-5-14-11(13)10-7(4-2)16-9-6-8(15)12(9)10/h3,9H,1,4-6H2,2H3/t9-/m0/s1. The molecule has 0 spiro atoms. The number of esters is 1. The Kier molecular flexibility index (Phi) is 3.35. The van der Waals surface area contributed by atoms with E-state index in [4.69, 9.17) is 17.0 Å². The van der Waals surface area contributed by atoms with Gasteiger partial charge in [0.15, 0.2) is 0 Å². The van der Waals surface area contributed by atoms with Gasteiger partial charge in [0.25, 0.3) is 0 Å². The molecule has 0 aromatic heterocycles. The van der Waals surface area contributed by atoms with Gasteiger partial charge in [-0.1, -0.05) is 31.8 Å². The van der Waals surface area contributed by atoms with Crippen LogP contribution in [0.5, 0.6) is 0 Å². The zero-order valence-corrected chi connectivity index (χ0v) is 10.7. The van der Waals surface area contributed by atoms with E-state index >= 15 is 0 Å². The third kappa shape index (κ3) is 1.78. The molecule has 3 nitrogen and oxygen atoms in total. The minimum Gasteiger partial charge on any atom is -0.457 e. The van der Waals surface area contributed by atoms with Crippen molar-refractivity contribution < 1.29 is 9.53 Å². The first-order valence-corrected chi connectivity index (χ1v) is 6.47. The second-order valence-electron chi connectivity index (χ2n) is 3.55. The molecule has 0 aliphatic carbocycles. The van der Waals surface area contributed by atoms with Gasteiger partial charge in [-0.05, 0) is 6.42 Å². The smallest absolute Gasteiger partial charge is 0.356 e. The summed E-state index contributed by atoms with van der Waals surface area (Å²) < 4.78 is 5.08. The number of thioether (sulfide) groups is 1. The number of allylic oxidation sites excluding steroid dienone is 1. The van der Waals surface area contributed by atoms with Crippen LogP contribution in [-0.2, 0) is 9.53 Å². The van der Waals surface area contributed by atoms with E-state index in [1.807, 2.05) is 11.8 Å². The summed E-state index contributed by atoms with van der Waals surface area (Å²) in [5.41, 5.74) is 0.649. The lowest BCUT2D eigenvalue weighted by molar-refractivity contribution is -0.139. The summed E-state index contributed by atoms with van der Waals surface area (Å²) in [6.45, 7) is 5.81. The lowest BCUT2D eigenvalue weighted by Crippen LogP contribution is -2.47. The molecule has 1 fully saturated rings. The summed E-state index contributed by atoms with van der Waals surface area (Å²) >= 11 is 6.91. The third-order valence-electron chi connectivity index (χ3n) is 2.54. The number of carbonyl (C=O) groups is 1. The number of rotatable bonds is 4. The average Bonchev–Trinajstić information content (AvgIpc) is 2.58. The maximum atomic E-state index is 11.9. The van der Waals surface area contributed by atoms with Gasteiger partial charge in [-0.2, -0.15) is 0 Å².